The van der Waals surface area contributed by atoms with Crippen molar-refractivity contribution in [1.29, 1.82) is 0 Å². The molecule has 1 aromatic heterocycles. The number of nitrogens with zero attached hydrogens (tertiary/aromatic N) is 1. The number of nitrogens with two attached hydrogens (primary N) is 1. The first-order chi connectivity index (χ1) is 10.9. The van der Waals surface area contributed by atoms with Crippen LogP contribution in [0.5, 0.6) is 0 Å². The Kier molecular flexibility index (Phi) is 3.67. The van der Waals surface area contributed by atoms with Crippen LogP contribution in [-0.2, 0) is 13.0 Å². The number of hydrogen-bond donors (Lipinski definition) is 2. The van der Waals surface area contributed by atoms with Crippen LogP contribution in [0.2, 0.25) is 0 Å². The third-order valence-corrected chi connectivity index (χ3v) is 4.23. The number of amides is 1. The van der Waals surface area contributed by atoms with Gasteiger partial charge in [-0.25, -0.2) is 4.39 Å². The fourth-order valence-electron chi connectivity index (χ4n) is 3.08. The van der Waals surface area contributed by atoms with Crippen molar-refractivity contribution in [2.24, 2.45) is 5.73 Å². The standard InChI is InChI=1S/C17H18FN3O2/c1-9-5-6-12(11(18)8-9)20-15-10(2)17(23)21-7-3-4-13(21)14(15)16(19)22/h5-6,8,20H,3-4,7H2,1-2H3,(H2,19,22). The van der Waals surface area contributed by atoms with Gasteiger partial charge in [-0.1, -0.05) is 6.07 Å². The maximum absolute atomic E-state index is 14.1. The van der Waals surface area contributed by atoms with Gasteiger partial charge in [0.05, 0.1) is 16.9 Å². The Bertz CT molecular complexity index is 871. The van der Waals surface area contributed by atoms with Gasteiger partial charge in [-0.3, -0.25) is 9.59 Å². The molecule has 1 amide bonds. The number of pyridine rings is 1. The summed E-state index contributed by atoms with van der Waals surface area (Å²) in [7, 11) is 0. The molecule has 23 heavy (non-hydrogen) atoms. The van der Waals surface area contributed by atoms with Crippen molar-refractivity contribution in [1.82, 2.24) is 4.57 Å². The molecule has 120 valence electrons. The number of rotatable bonds is 3. The lowest BCUT2D eigenvalue weighted by Gasteiger charge is -2.18. The molecule has 0 unspecified atom stereocenters. The first-order valence-corrected chi connectivity index (χ1v) is 7.49. The molecule has 0 atom stereocenters. The van der Waals surface area contributed by atoms with Crippen molar-refractivity contribution < 1.29 is 9.18 Å². The molecule has 0 bridgehead atoms. The zero-order valence-electron chi connectivity index (χ0n) is 13.1. The zero-order chi connectivity index (χ0) is 16.7. The highest BCUT2D eigenvalue weighted by molar-refractivity contribution is 6.01. The van der Waals surface area contributed by atoms with Crippen molar-refractivity contribution >= 4 is 17.3 Å². The van der Waals surface area contributed by atoms with Crippen LogP contribution in [0.1, 0.15) is 33.6 Å². The fourth-order valence-corrected chi connectivity index (χ4v) is 3.08. The maximum atomic E-state index is 14.1. The summed E-state index contributed by atoms with van der Waals surface area (Å²) in [6.07, 6.45) is 1.40. The monoisotopic (exact) mass is 315 g/mol. The first kappa shape index (κ1) is 15.3. The number of aryl methyl sites for hydroxylation is 1. The van der Waals surface area contributed by atoms with E-state index in [0.29, 0.717) is 29.9 Å². The Morgan fingerprint density at radius 3 is 2.74 bits per heavy atom. The van der Waals surface area contributed by atoms with Crippen molar-refractivity contribution in [3.63, 3.8) is 0 Å². The number of benzene rings is 1. The molecule has 0 aliphatic carbocycles. The topological polar surface area (TPSA) is 77.1 Å². The average Bonchev–Trinajstić information content (AvgIpc) is 2.96. The normalized spacial score (nSPS) is 13.0. The molecule has 2 heterocycles. The number of anilines is 2. The number of primary amides is 1. The number of hydrogen-bond acceptors (Lipinski definition) is 3. The predicted octanol–water partition coefficient (Wildman–Crippen LogP) is 2.39. The number of fused-ring (bicyclic) bond motifs is 1. The number of halogens is 1. The van der Waals surface area contributed by atoms with Crippen molar-refractivity contribution in [3.05, 3.63) is 56.8 Å². The van der Waals surface area contributed by atoms with E-state index in [4.69, 9.17) is 5.73 Å². The largest absolute Gasteiger partial charge is 0.365 e. The molecular formula is C17H18FN3O2. The second kappa shape index (κ2) is 5.53. The fraction of sp³-hybridized carbons (Fsp3) is 0.294. The summed E-state index contributed by atoms with van der Waals surface area (Å²) < 4.78 is 15.7. The summed E-state index contributed by atoms with van der Waals surface area (Å²) in [5.74, 6) is -1.06. The van der Waals surface area contributed by atoms with E-state index in [-0.39, 0.29) is 16.8 Å². The van der Waals surface area contributed by atoms with Crippen molar-refractivity contribution in [2.75, 3.05) is 5.32 Å². The molecule has 5 nitrogen and oxygen atoms in total. The first-order valence-electron chi connectivity index (χ1n) is 7.49. The smallest absolute Gasteiger partial charge is 0.255 e. The summed E-state index contributed by atoms with van der Waals surface area (Å²) in [5.41, 5.74) is 7.94. The van der Waals surface area contributed by atoms with Crippen molar-refractivity contribution in [3.8, 4) is 0 Å². The molecule has 3 N–H and O–H groups in total. The molecule has 2 aromatic rings. The van der Waals surface area contributed by atoms with Gasteiger partial charge >= 0.3 is 0 Å². The van der Waals surface area contributed by atoms with E-state index in [1.807, 2.05) is 0 Å². The number of carbonyl (C=O) groups is 1. The second-order valence-electron chi connectivity index (χ2n) is 5.85. The van der Waals surface area contributed by atoms with Gasteiger partial charge in [0.15, 0.2) is 0 Å². The molecular weight excluding hydrogens is 297 g/mol. The van der Waals surface area contributed by atoms with Gasteiger partial charge < -0.3 is 15.6 Å². The van der Waals surface area contributed by atoms with Crippen LogP contribution in [0.3, 0.4) is 0 Å². The van der Waals surface area contributed by atoms with Crippen LogP contribution < -0.4 is 16.6 Å². The lowest BCUT2D eigenvalue weighted by atomic mass is 10.0. The SMILES string of the molecule is Cc1ccc(Nc2c(C(N)=O)c3n(c(=O)c2C)CCC3)c(F)c1. The van der Waals surface area contributed by atoms with Crippen LogP contribution in [0.4, 0.5) is 15.8 Å². The Labute approximate surface area is 132 Å². The summed E-state index contributed by atoms with van der Waals surface area (Å²) in [5, 5.41) is 2.90. The highest BCUT2D eigenvalue weighted by atomic mass is 19.1. The minimum atomic E-state index is -0.617. The molecule has 6 heteroatoms. The van der Waals surface area contributed by atoms with E-state index in [1.54, 1.807) is 30.5 Å². The zero-order valence-corrected chi connectivity index (χ0v) is 13.1. The summed E-state index contributed by atoms with van der Waals surface area (Å²) >= 11 is 0. The highest BCUT2D eigenvalue weighted by Crippen LogP contribution is 2.30. The van der Waals surface area contributed by atoms with Gasteiger partial charge in [-0.2, -0.15) is 0 Å². The number of nitrogens with one attached hydrogen (secondary N) is 1. The van der Waals surface area contributed by atoms with Crippen LogP contribution >= 0.6 is 0 Å². The van der Waals surface area contributed by atoms with Crippen LogP contribution in [0.25, 0.3) is 0 Å². The Balaban J connectivity index is 2.21. The lowest BCUT2D eigenvalue weighted by Crippen LogP contribution is -2.28. The van der Waals surface area contributed by atoms with Crippen LogP contribution in [0.15, 0.2) is 23.0 Å². The molecule has 1 aliphatic heterocycles. The predicted molar refractivity (Wildman–Crippen MR) is 86.7 cm³/mol. The van der Waals surface area contributed by atoms with Gasteiger partial charge in [-0.05, 0) is 44.4 Å². The average molecular weight is 315 g/mol. The summed E-state index contributed by atoms with van der Waals surface area (Å²) in [4.78, 5) is 24.4. The molecule has 0 saturated heterocycles. The summed E-state index contributed by atoms with van der Waals surface area (Å²) in [6.45, 7) is 3.98. The van der Waals surface area contributed by atoms with Gasteiger partial charge in [0.2, 0.25) is 0 Å². The van der Waals surface area contributed by atoms with E-state index in [1.165, 1.54) is 6.07 Å². The lowest BCUT2D eigenvalue weighted by molar-refractivity contribution is 0.0999. The summed E-state index contributed by atoms with van der Waals surface area (Å²) in [6, 6.07) is 4.73. The minimum Gasteiger partial charge on any atom is -0.365 e. The molecule has 0 spiro atoms. The van der Waals surface area contributed by atoms with Crippen molar-refractivity contribution in [2.45, 2.75) is 33.2 Å². The number of carbonyl (C=O) groups excluding carboxylic acids is 1. The molecule has 0 saturated carbocycles. The van der Waals surface area contributed by atoms with Crippen LogP contribution in [0, 0.1) is 19.7 Å². The highest BCUT2D eigenvalue weighted by Gasteiger charge is 2.26. The van der Waals surface area contributed by atoms with Gasteiger partial charge in [-0.15, -0.1) is 0 Å². The van der Waals surface area contributed by atoms with E-state index in [0.717, 1.165) is 12.0 Å². The maximum Gasteiger partial charge on any atom is 0.255 e. The molecule has 1 aliphatic rings. The molecule has 1 aromatic carbocycles. The molecule has 0 fully saturated rings. The Hall–Kier alpha value is -2.63. The Morgan fingerprint density at radius 1 is 1.35 bits per heavy atom. The minimum absolute atomic E-state index is 0.169. The molecule has 3 rings (SSSR count). The Morgan fingerprint density at radius 2 is 2.09 bits per heavy atom. The van der Waals surface area contributed by atoms with Gasteiger partial charge in [0.25, 0.3) is 11.5 Å². The van der Waals surface area contributed by atoms with E-state index < -0.39 is 11.7 Å². The van der Waals surface area contributed by atoms with Gasteiger partial charge in [0, 0.05) is 17.8 Å². The van der Waals surface area contributed by atoms with Gasteiger partial charge in [0.1, 0.15) is 5.82 Å². The second-order valence-corrected chi connectivity index (χ2v) is 5.85. The quantitative estimate of drug-likeness (QED) is 0.913. The van der Waals surface area contributed by atoms with E-state index in [9.17, 15) is 14.0 Å². The number of aromatic nitrogens is 1. The molecule has 0 radical (unpaired) electrons. The van der Waals surface area contributed by atoms with E-state index in [2.05, 4.69) is 5.32 Å². The third-order valence-electron chi connectivity index (χ3n) is 4.23. The third kappa shape index (κ3) is 2.50. The van der Waals surface area contributed by atoms with E-state index >= 15 is 0 Å². The van der Waals surface area contributed by atoms with Crippen LogP contribution in [-0.4, -0.2) is 10.5 Å².